The summed E-state index contributed by atoms with van der Waals surface area (Å²) in [7, 11) is 0. The molecular weight excluding hydrogens is 376 g/mol. The van der Waals surface area contributed by atoms with Gasteiger partial charge in [-0.3, -0.25) is 4.79 Å². The molecule has 0 fully saturated rings. The van der Waals surface area contributed by atoms with Crippen LogP contribution >= 0.6 is 15.9 Å². The standard InChI is InChI=1S/C15H18BrF2NO4/c1-15(2,3)23-14(22)19-9(6-13(20)21)4-8-5-11(17)12(18)7-10(8)16/h5,7,9H,4,6H2,1-3H3,(H,19,22)(H,20,21)/t9-/m1/s1. The number of hydrogen-bond donors (Lipinski definition) is 2. The van der Waals surface area contributed by atoms with Crippen molar-refractivity contribution in [2.24, 2.45) is 0 Å². The molecule has 23 heavy (non-hydrogen) atoms. The van der Waals surface area contributed by atoms with E-state index >= 15 is 0 Å². The van der Waals surface area contributed by atoms with Crippen LogP contribution in [0.1, 0.15) is 32.8 Å². The smallest absolute Gasteiger partial charge is 0.407 e. The van der Waals surface area contributed by atoms with Crippen LogP contribution in [0.4, 0.5) is 13.6 Å². The third-order valence-corrected chi connectivity index (χ3v) is 3.44. The maximum absolute atomic E-state index is 13.3. The molecule has 0 aliphatic rings. The lowest BCUT2D eigenvalue weighted by atomic mass is 10.0. The van der Waals surface area contributed by atoms with Gasteiger partial charge in [-0.25, -0.2) is 13.6 Å². The molecule has 1 aromatic rings. The predicted molar refractivity (Wildman–Crippen MR) is 83.2 cm³/mol. The SMILES string of the molecule is CC(C)(C)OC(=O)N[C@@H](CC(=O)O)Cc1cc(F)c(F)cc1Br. The molecule has 0 spiro atoms. The molecule has 128 valence electrons. The fourth-order valence-electron chi connectivity index (χ4n) is 1.84. The number of benzene rings is 1. The molecule has 1 atom stereocenters. The number of halogens is 3. The van der Waals surface area contributed by atoms with Crippen molar-refractivity contribution in [1.29, 1.82) is 0 Å². The molecule has 1 amide bonds. The van der Waals surface area contributed by atoms with Gasteiger partial charge in [0.25, 0.3) is 0 Å². The van der Waals surface area contributed by atoms with Gasteiger partial charge in [0.2, 0.25) is 0 Å². The molecule has 0 saturated heterocycles. The molecule has 1 rings (SSSR count). The second-order valence-corrected chi connectivity index (χ2v) is 6.86. The number of carbonyl (C=O) groups excluding carboxylic acids is 1. The van der Waals surface area contributed by atoms with E-state index in [9.17, 15) is 18.4 Å². The van der Waals surface area contributed by atoms with Gasteiger partial charge in [-0.2, -0.15) is 0 Å². The highest BCUT2D eigenvalue weighted by molar-refractivity contribution is 9.10. The van der Waals surface area contributed by atoms with E-state index in [1.54, 1.807) is 20.8 Å². The molecule has 0 heterocycles. The van der Waals surface area contributed by atoms with E-state index in [4.69, 9.17) is 9.84 Å². The first-order chi connectivity index (χ1) is 10.5. The van der Waals surface area contributed by atoms with E-state index in [0.717, 1.165) is 12.1 Å². The van der Waals surface area contributed by atoms with Crippen molar-refractivity contribution in [3.63, 3.8) is 0 Å². The minimum atomic E-state index is -1.13. The second-order valence-electron chi connectivity index (χ2n) is 6.00. The van der Waals surface area contributed by atoms with Crippen LogP contribution in [0, 0.1) is 11.6 Å². The van der Waals surface area contributed by atoms with Crippen LogP contribution < -0.4 is 5.32 Å². The van der Waals surface area contributed by atoms with Crippen LogP contribution in [0.3, 0.4) is 0 Å². The highest BCUT2D eigenvalue weighted by atomic mass is 79.9. The van der Waals surface area contributed by atoms with Crippen molar-refractivity contribution in [3.8, 4) is 0 Å². The molecule has 8 heteroatoms. The average molecular weight is 394 g/mol. The number of nitrogens with one attached hydrogen (secondary N) is 1. The number of carbonyl (C=O) groups is 2. The summed E-state index contributed by atoms with van der Waals surface area (Å²) >= 11 is 3.09. The summed E-state index contributed by atoms with van der Waals surface area (Å²) in [5.74, 6) is -3.20. The summed E-state index contributed by atoms with van der Waals surface area (Å²) in [6.45, 7) is 5.01. The molecule has 1 aromatic carbocycles. The highest BCUT2D eigenvalue weighted by Crippen LogP contribution is 2.22. The number of aliphatic carboxylic acids is 1. The third-order valence-electron chi connectivity index (χ3n) is 2.70. The Bertz CT molecular complexity index is 602. The molecule has 0 unspecified atom stereocenters. The van der Waals surface area contributed by atoms with Crippen molar-refractivity contribution in [2.75, 3.05) is 0 Å². The van der Waals surface area contributed by atoms with Crippen molar-refractivity contribution < 1.29 is 28.2 Å². The van der Waals surface area contributed by atoms with Crippen LogP contribution in [-0.4, -0.2) is 28.8 Å². The largest absolute Gasteiger partial charge is 0.481 e. The van der Waals surface area contributed by atoms with Crippen LogP contribution in [0.25, 0.3) is 0 Å². The fraction of sp³-hybridized carbons (Fsp3) is 0.467. The zero-order valence-corrected chi connectivity index (χ0v) is 14.5. The van der Waals surface area contributed by atoms with Crippen molar-refractivity contribution >= 4 is 28.0 Å². The van der Waals surface area contributed by atoms with Gasteiger partial charge in [0.05, 0.1) is 6.42 Å². The number of carboxylic acid groups (broad SMARTS) is 1. The van der Waals surface area contributed by atoms with Gasteiger partial charge in [-0.1, -0.05) is 15.9 Å². The normalized spacial score (nSPS) is 12.6. The third kappa shape index (κ3) is 6.94. The Morgan fingerprint density at radius 3 is 2.39 bits per heavy atom. The topological polar surface area (TPSA) is 75.6 Å². The lowest BCUT2D eigenvalue weighted by molar-refractivity contribution is -0.137. The summed E-state index contributed by atoms with van der Waals surface area (Å²) in [4.78, 5) is 22.7. The van der Waals surface area contributed by atoms with Gasteiger partial charge < -0.3 is 15.2 Å². The summed E-state index contributed by atoms with van der Waals surface area (Å²) in [6.07, 6.45) is -1.16. The van der Waals surface area contributed by atoms with Crippen LogP contribution in [0.2, 0.25) is 0 Å². The van der Waals surface area contributed by atoms with Gasteiger partial charge in [0.15, 0.2) is 11.6 Å². The number of alkyl carbamates (subject to hydrolysis) is 1. The highest BCUT2D eigenvalue weighted by Gasteiger charge is 2.22. The summed E-state index contributed by atoms with van der Waals surface area (Å²) < 4.78 is 31.8. The summed E-state index contributed by atoms with van der Waals surface area (Å²) in [5, 5.41) is 11.4. The van der Waals surface area contributed by atoms with Crippen LogP contribution in [0.15, 0.2) is 16.6 Å². The first kappa shape index (κ1) is 19.3. The van der Waals surface area contributed by atoms with Gasteiger partial charge >= 0.3 is 12.1 Å². The molecule has 0 saturated carbocycles. The van der Waals surface area contributed by atoms with Crippen molar-refractivity contribution in [2.45, 2.75) is 45.3 Å². The molecule has 5 nitrogen and oxygen atoms in total. The van der Waals surface area contributed by atoms with E-state index in [0.29, 0.717) is 5.56 Å². The number of hydrogen-bond acceptors (Lipinski definition) is 3. The Morgan fingerprint density at radius 2 is 1.87 bits per heavy atom. The Labute approximate surface area is 141 Å². The molecule has 0 aliphatic carbocycles. The molecule has 0 aliphatic heterocycles. The zero-order valence-electron chi connectivity index (χ0n) is 13.0. The Balaban J connectivity index is 2.89. The molecule has 2 N–H and O–H groups in total. The van der Waals surface area contributed by atoms with Crippen molar-refractivity contribution in [1.82, 2.24) is 5.32 Å². The monoisotopic (exact) mass is 393 g/mol. The minimum absolute atomic E-state index is 0.00330. The second kappa shape index (κ2) is 7.72. The van der Waals surface area contributed by atoms with E-state index in [1.165, 1.54) is 0 Å². The first-order valence-corrected chi connectivity index (χ1v) is 7.62. The van der Waals surface area contributed by atoms with Gasteiger partial charge in [0.1, 0.15) is 5.60 Å². The maximum atomic E-state index is 13.3. The van der Waals surface area contributed by atoms with E-state index in [2.05, 4.69) is 21.2 Å². The quantitative estimate of drug-likeness (QED) is 0.748. The summed E-state index contributed by atoms with van der Waals surface area (Å²) in [5.41, 5.74) is -0.397. The number of ether oxygens (including phenoxy) is 1. The lowest BCUT2D eigenvalue weighted by Gasteiger charge is -2.23. The number of amides is 1. The fourth-order valence-corrected chi connectivity index (χ4v) is 2.32. The Hall–Kier alpha value is -1.70. The van der Waals surface area contributed by atoms with Crippen molar-refractivity contribution in [3.05, 3.63) is 33.8 Å². The summed E-state index contributed by atoms with van der Waals surface area (Å²) in [6, 6.07) is 1.09. The zero-order chi connectivity index (χ0) is 17.8. The Kier molecular flexibility index (Phi) is 6.49. The van der Waals surface area contributed by atoms with E-state index < -0.39 is 35.3 Å². The predicted octanol–water partition coefficient (Wildman–Crippen LogP) is 3.64. The van der Waals surface area contributed by atoms with Gasteiger partial charge in [0, 0.05) is 10.5 Å². The van der Waals surface area contributed by atoms with Gasteiger partial charge in [-0.05, 0) is 44.9 Å². The molecule has 0 bridgehead atoms. The first-order valence-electron chi connectivity index (χ1n) is 6.82. The van der Waals surface area contributed by atoms with Crippen LogP contribution in [-0.2, 0) is 16.0 Å². The van der Waals surface area contributed by atoms with Gasteiger partial charge in [-0.15, -0.1) is 0 Å². The lowest BCUT2D eigenvalue weighted by Crippen LogP contribution is -2.41. The molecular formula is C15H18BrF2NO4. The van der Waals surface area contributed by atoms with E-state index in [1.807, 2.05) is 0 Å². The minimum Gasteiger partial charge on any atom is -0.481 e. The molecule has 0 aromatic heterocycles. The number of carboxylic acids is 1. The van der Waals surface area contributed by atoms with Crippen LogP contribution in [0.5, 0.6) is 0 Å². The Morgan fingerprint density at radius 1 is 1.30 bits per heavy atom. The van der Waals surface area contributed by atoms with E-state index in [-0.39, 0.29) is 17.3 Å². The average Bonchev–Trinajstić information content (AvgIpc) is 2.32. The molecule has 0 radical (unpaired) electrons. The maximum Gasteiger partial charge on any atom is 0.407 e. The number of rotatable bonds is 5.